The highest BCUT2D eigenvalue weighted by Gasteiger charge is 2.20. The van der Waals surface area contributed by atoms with Crippen LogP contribution in [0.15, 0.2) is 71.9 Å². The molecule has 0 fully saturated rings. The minimum Gasteiger partial charge on any atom is -0.321 e. The number of carbonyl (C=O) groups is 2. The predicted molar refractivity (Wildman–Crippen MR) is 139 cm³/mol. The van der Waals surface area contributed by atoms with Crippen LogP contribution in [0.4, 0.5) is 11.6 Å². The van der Waals surface area contributed by atoms with Gasteiger partial charge in [-0.1, -0.05) is 23.7 Å². The molecule has 3 aromatic heterocycles. The number of aromatic nitrogens is 5. The average Bonchev–Trinajstić information content (AvgIpc) is 3.53. The van der Waals surface area contributed by atoms with E-state index in [0.29, 0.717) is 40.1 Å². The van der Waals surface area contributed by atoms with Crippen LogP contribution < -0.4 is 10.6 Å². The van der Waals surface area contributed by atoms with Crippen molar-refractivity contribution in [1.29, 1.82) is 0 Å². The second-order valence-corrected chi connectivity index (χ2v) is 9.17. The van der Waals surface area contributed by atoms with Gasteiger partial charge in [0.15, 0.2) is 0 Å². The summed E-state index contributed by atoms with van der Waals surface area (Å²) in [6.07, 6.45) is 4.87. The molecule has 0 aliphatic heterocycles. The maximum absolute atomic E-state index is 13.2. The van der Waals surface area contributed by atoms with Gasteiger partial charge < -0.3 is 9.88 Å². The molecular weight excluding hydrogens is 498 g/mol. The number of rotatable bonds is 7. The van der Waals surface area contributed by atoms with E-state index in [4.69, 9.17) is 11.6 Å². The lowest BCUT2D eigenvalue weighted by atomic mass is 10.0. The largest absolute Gasteiger partial charge is 0.321 e. The number of halogens is 1. The van der Waals surface area contributed by atoms with Gasteiger partial charge in [0, 0.05) is 28.5 Å². The van der Waals surface area contributed by atoms with Crippen molar-refractivity contribution in [1.82, 2.24) is 24.5 Å². The molecule has 2 N–H and O–H groups in total. The zero-order chi connectivity index (χ0) is 25.1. The van der Waals surface area contributed by atoms with E-state index in [1.54, 1.807) is 53.7 Å². The summed E-state index contributed by atoms with van der Waals surface area (Å²) < 4.78 is 1.86. The minimum absolute atomic E-state index is 0.231. The van der Waals surface area contributed by atoms with E-state index in [2.05, 4.69) is 30.6 Å². The molecule has 180 valence electrons. The predicted octanol–water partition coefficient (Wildman–Crippen LogP) is 4.98. The van der Waals surface area contributed by atoms with Crippen molar-refractivity contribution < 1.29 is 9.59 Å². The third kappa shape index (κ3) is 5.09. The van der Waals surface area contributed by atoms with E-state index < -0.39 is 5.92 Å². The van der Waals surface area contributed by atoms with Crippen molar-refractivity contribution in [2.75, 3.05) is 10.6 Å². The topological polar surface area (TPSA) is 115 Å². The highest BCUT2D eigenvalue weighted by molar-refractivity contribution is 7.07. The molecule has 0 bridgehead atoms. The molecule has 5 rings (SSSR count). The van der Waals surface area contributed by atoms with Crippen molar-refractivity contribution in [3.63, 3.8) is 0 Å². The second-order valence-electron chi connectivity index (χ2n) is 8.02. The van der Waals surface area contributed by atoms with Crippen molar-refractivity contribution in [3.8, 4) is 0 Å². The summed E-state index contributed by atoms with van der Waals surface area (Å²) in [4.78, 5) is 42.8. The molecule has 0 saturated heterocycles. The Morgan fingerprint density at radius 2 is 2.00 bits per heavy atom. The number of amides is 2. The smallest absolute Gasteiger partial charge is 0.275 e. The summed E-state index contributed by atoms with van der Waals surface area (Å²) in [5.74, 6) is -0.637. The molecule has 0 radical (unpaired) electrons. The van der Waals surface area contributed by atoms with Gasteiger partial charge in [-0.3, -0.25) is 24.9 Å². The first-order valence-corrected chi connectivity index (χ1v) is 12.3. The SMILES string of the molecule is CC(C(=O)Nc1nc2cc(NC(=O)c3cscn3)ccc2n1Cc1cnccn1)c1cccc(Cl)c1. The first-order valence-electron chi connectivity index (χ1n) is 11.0. The van der Waals surface area contributed by atoms with E-state index in [1.165, 1.54) is 11.3 Å². The summed E-state index contributed by atoms with van der Waals surface area (Å²) in [6.45, 7) is 2.15. The van der Waals surface area contributed by atoms with Crippen LogP contribution in [0.5, 0.6) is 0 Å². The van der Waals surface area contributed by atoms with Crippen molar-refractivity contribution in [3.05, 3.63) is 93.9 Å². The van der Waals surface area contributed by atoms with Crippen LogP contribution in [-0.2, 0) is 11.3 Å². The van der Waals surface area contributed by atoms with E-state index in [1.807, 2.05) is 29.7 Å². The van der Waals surface area contributed by atoms with Crippen LogP contribution in [0.1, 0.15) is 34.6 Å². The molecule has 11 heteroatoms. The Hall–Kier alpha value is -4.15. The fourth-order valence-electron chi connectivity index (χ4n) is 3.70. The summed E-state index contributed by atoms with van der Waals surface area (Å²) in [5, 5.41) is 8.02. The molecule has 2 aromatic carbocycles. The van der Waals surface area contributed by atoms with Crippen LogP contribution in [0.2, 0.25) is 5.02 Å². The molecule has 1 atom stereocenters. The summed E-state index contributed by atoms with van der Waals surface area (Å²) in [5.41, 5.74) is 5.37. The van der Waals surface area contributed by atoms with Crippen molar-refractivity contribution >= 4 is 57.4 Å². The van der Waals surface area contributed by atoms with Crippen LogP contribution in [0.25, 0.3) is 11.0 Å². The van der Waals surface area contributed by atoms with Gasteiger partial charge in [0.1, 0.15) is 5.69 Å². The molecular formula is C25H20ClN7O2S. The van der Waals surface area contributed by atoms with Gasteiger partial charge in [-0.25, -0.2) is 9.97 Å². The number of anilines is 2. The maximum atomic E-state index is 13.2. The van der Waals surface area contributed by atoms with Crippen LogP contribution >= 0.6 is 22.9 Å². The molecule has 2 amide bonds. The highest BCUT2D eigenvalue weighted by atomic mass is 35.5. The first-order chi connectivity index (χ1) is 17.5. The fourth-order valence-corrected chi connectivity index (χ4v) is 4.43. The number of nitrogens with one attached hydrogen (secondary N) is 2. The Morgan fingerprint density at radius 1 is 1.11 bits per heavy atom. The lowest BCUT2D eigenvalue weighted by molar-refractivity contribution is -0.117. The number of hydrogen-bond acceptors (Lipinski definition) is 7. The normalized spacial score (nSPS) is 11.8. The zero-order valence-electron chi connectivity index (χ0n) is 19.1. The van der Waals surface area contributed by atoms with Crippen LogP contribution in [-0.4, -0.2) is 36.3 Å². The zero-order valence-corrected chi connectivity index (χ0v) is 20.6. The Labute approximate surface area is 215 Å². The molecule has 0 aliphatic carbocycles. The van der Waals surface area contributed by atoms with Gasteiger partial charge in [0.2, 0.25) is 11.9 Å². The van der Waals surface area contributed by atoms with Gasteiger partial charge in [-0.2, -0.15) is 0 Å². The van der Waals surface area contributed by atoms with Gasteiger partial charge in [0.25, 0.3) is 5.91 Å². The number of thiazole rings is 1. The van der Waals surface area contributed by atoms with Crippen molar-refractivity contribution in [2.24, 2.45) is 0 Å². The molecule has 0 aliphatic rings. The van der Waals surface area contributed by atoms with Gasteiger partial charge in [0.05, 0.1) is 40.9 Å². The van der Waals surface area contributed by atoms with Crippen LogP contribution in [0, 0.1) is 0 Å². The van der Waals surface area contributed by atoms with Gasteiger partial charge in [-0.15, -0.1) is 11.3 Å². The number of fused-ring (bicyclic) bond motifs is 1. The second kappa shape index (κ2) is 10.2. The fraction of sp³-hybridized carbons (Fsp3) is 0.120. The first kappa shape index (κ1) is 23.6. The Balaban J connectivity index is 1.47. The minimum atomic E-state index is -0.457. The standard InChI is InChI=1S/C25H20ClN7O2S/c1-15(16-3-2-4-17(26)9-16)23(34)32-25-31-20-10-18(30-24(35)21-13-36-14-29-21)5-6-22(20)33(25)12-19-11-27-7-8-28-19/h2-11,13-15H,12H2,1H3,(H,30,35)(H,31,32,34). The Bertz CT molecular complexity index is 1540. The average molecular weight is 518 g/mol. The Kier molecular flexibility index (Phi) is 6.70. The molecule has 5 aromatic rings. The highest BCUT2D eigenvalue weighted by Crippen LogP contribution is 2.26. The molecule has 1 unspecified atom stereocenters. The molecule has 9 nitrogen and oxygen atoms in total. The number of hydrogen-bond donors (Lipinski definition) is 2. The van der Waals surface area contributed by atoms with Gasteiger partial charge >= 0.3 is 0 Å². The lowest BCUT2D eigenvalue weighted by Crippen LogP contribution is -2.21. The molecule has 0 saturated carbocycles. The van der Waals surface area contributed by atoms with Crippen LogP contribution in [0.3, 0.4) is 0 Å². The summed E-state index contributed by atoms with van der Waals surface area (Å²) in [6, 6.07) is 12.6. The molecule has 3 heterocycles. The summed E-state index contributed by atoms with van der Waals surface area (Å²) >= 11 is 7.46. The number of imidazole rings is 1. The molecule has 0 spiro atoms. The van der Waals surface area contributed by atoms with Gasteiger partial charge in [-0.05, 0) is 42.8 Å². The monoisotopic (exact) mass is 517 g/mol. The number of benzene rings is 2. The summed E-state index contributed by atoms with van der Waals surface area (Å²) in [7, 11) is 0. The third-order valence-corrected chi connectivity index (χ3v) is 6.41. The van der Waals surface area contributed by atoms with Crippen molar-refractivity contribution in [2.45, 2.75) is 19.4 Å². The van der Waals surface area contributed by atoms with E-state index in [-0.39, 0.29) is 11.8 Å². The van der Waals surface area contributed by atoms with E-state index in [0.717, 1.165) is 11.1 Å². The number of nitrogens with zero attached hydrogens (tertiary/aromatic N) is 5. The third-order valence-electron chi connectivity index (χ3n) is 5.58. The maximum Gasteiger partial charge on any atom is 0.275 e. The molecule has 36 heavy (non-hydrogen) atoms. The Morgan fingerprint density at radius 3 is 2.75 bits per heavy atom. The quantitative estimate of drug-likeness (QED) is 0.314. The van der Waals surface area contributed by atoms with E-state index in [9.17, 15) is 9.59 Å². The lowest BCUT2D eigenvalue weighted by Gasteiger charge is -2.14. The number of carbonyl (C=O) groups excluding carboxylic acids is 2. The van der Waals surface area contributed by atoms with E-state index >= 15 is 0 Å².